The molecule has 2 N–H and O–H groups in total. The largest absolute Gasteiger partial charge is 0.494 e. The topological polar surface area (TPSA) is 66.6 Å². The summed E-state index contributed by atoms with van der Waals surface area (Å²) in [4.78, 5) is 17.9. The van der Waals surface area contributed by atoms with Crippen molar-refractivity contribution in [3.8, 4) is 11.5 Å². The standard InChI is InChI=1S/C28H29N3O3S/c1-3-33-24-12-10-23(11-13-24)29-28(35)31(18-20-8-6-5-7-9-20)19-22-16-21-17-25(34-4-2)14-15-26(21)30-27(22)32/h5-17H,3-4,18-19H2,1-2H3,(H,29,35)(H,30,32). The van der Waals surface area contributed by atoms with E-state index < -0.39 is 0 Å². The summed E-state index contributed by atoms with van der Waals surface area (Å²) in [6, 6.07) is 25.3. The number of ether oxygens (including phenoxy) is 2. The first-order valence-corrected chi connectivity index (χ1v) is 12.1. The van der Waals surface area contributed by atoms with Gasteiger partial charge in [-0.05, 0) is 80.2 Å². The van der Waals surface area contributed by atoms with Crippen molar-refractivity contribution in [3.05, 3.63) is 100 Å². The van der Waals surface area contributed by atoms with Crippen LogP contribution >= 0.6 is 12.2 Å². The summed E-state index contributed by atoms with van der Waals surface area (Å²) in [5.41, 5.74) is 3.21. The van der Waals surface area contributed by atoms with Gasteiger partial charge < -0.3 is 24.7 Å². The first kappa shape index (κ1) is 24.3. The Bertz CT molecular complexity index is 1340. The maximum absolute atomic E-state index is 12.9. The quantitative estimate of drug-likeness (QED) is 0.294. The van der Waals surface area contributed by atoms with Crippen LogP contribution in [-0.2, 0) is 13.1 Å². The molecule has 0 aliphatic heterocycles. The molecule has 4 rings (SSSR count). The number of aromatic amines is 1. The summed E-state index contributed by atoms with van der Waals surface area (Å²) in [7, 11) is 0. The summed E-state index contributed by atoms with van der Waals surface area (Å²) in [5.74, 6) is 1.58. The van der Waals surface area contributed by atoms with Gasteiger partial charge in [0.1, 0.15) is 11.5 Å². The molecule has 6 nitrogen and oxygen atoms in total. The Morgan fingerprint density at radius 1 is 0.886 bits per heavy atom. The van der Waals surface area contributed by atoms with Crippen LogP contribution in [0.5, 0.6) is 11.5 Å². The number of pyridine rings is 1. The highest BCUT2D eigenvalue weighted by molar-refractivity contribution is 7.80. The van der Waals surface area contributed by atoms with E-state index >= 15 is 0 Å². The van der Waals surface area contributed by atoms with Crippen LogP contribution in [0.1, 0.15) is 25.0 Å². The van der Waals surface area contributed by atoms with Gasteiger partial charge in [0.25, 0.3) is 5.56 Å². The molecule has 0 aliphatic rings. The number of hydrogen-bond acceptors (Lipinski definition) is 4. The first-order valence-electron chi connectivity index (χ1n) is 11.7. The highest BCUT2D eigenvalue weighted by Crippen LogP contribution is 2.21. The number of thiocarbonyl (C=S) groups is 1. The lowest BCUT2D eigenvalue weighted by Gasteiger charge is -2.26. The van der Waals surface area contributed by atoms with E-state index in [-0.39, 0.29) is 5.56 Å². The average molecular weight is 488 g/mol. The van der Waals surface area contributed by atoms with E-state index in [0.29, 0.717) is 37.0 Å². The Kier molecular flexibility index (Phi) is 8.00. The number of nitrogens with zero attached hydrogens (tertiary/aromatic N) is 1. The second kappa shape index (κ2) is 11.5. The zero-order valence-corrected chi connectivity index (χ0v) is 20.7. The van der Waals surface area contributed by atoms with E-state index in [1.54, 1.807) is 0 Å². The molecule has 0 atom stereocenters. The van der Waals surface area contributed by atoms with Gasteiger partial charge in [0.15, 0.2) is 5.11 Å². The Morgan fingerprint density at radius 3 is 2.29 bits per heavy atom. The lowest BCUT2D eigenvalue weighted by Crippen LogP contribution is -2.35. The van der Waals surface area contributed by atoms with Gasteiger partial charge in [0, 0.05) is 28.7 Å². The molecule has 3 aromatic carbocycles. The van der Waals surface area contributed by atoms with Gasteiger partial charge in [-0.2, -0.15) is 0 Å². The van der Waals surface area contributed by atoms with Crippen LogP contribution in [0.2, 0.25) is 0 Å². The number of hydrogen-bond donors (Lipinski definition) is 2. The number of rotatable bonds is 9. The van der Waals surface area contributed by atoms with Crippen LogP contribution in [0.15, 0.2) is 83.7 Å². The molecule has 0 unspecified atom stereocenters. The van der Waals surface area contributed by atoms with Crippen molar-refractivity contribution < 1.29 is 9.47 Å². The summed E-state index contributed by atoms with van der Waals surface area (Å²) < 4.78 is 11.2. The van der Waals surface area contributed by atoms with Crippen LogP contribution in [0.25, 0.3) is 10.9 Å². The Balaban J connectivity index is 1.60. The zero-order valence-electron chi connectivity index (χ0n) is 19.9. The maximum atomic E-state index is 12.9. The van der Waals surface area contributed by atoms with Gasteiger partial charge >= 0.3 is 0 Å². The second-order valence-corrected chi connectivity index (χ2v) is 8.42. The molecule has 1 heterocycles. The SMILES string of the molecule is CCOc1ccc(NC(=S)N(Cc2ccccc2)Cc2cc3cc(OCC)ccc3[nH]c2=O)cc1. The van der Waals surface area contributed by atoms with E-state index in [1.165, 1.54) is 0 Å². The van der Waals surface area contributed by atoms with E-state index in [0.717, 1.165) is 33.7 Å². The molecule has 0 saturated carbocycles. The number of benzene rings is 3. The van der Waals surface area contributed by atoms with Crippen LogP contribution in [-0.4, -0.2) is 28.2 Å². The molecule has 0 bridgehead atoms. The average Bonchev–Trinajstić information content (AvgIpc) is 2.86. The van der Waals surface area contributed by atoms with Crippen LogP contribution < -0.4 is 20.3 Å². The Hall–Kier alpha value is -3.84. The van der Waals surface area contributed by atoms with Gasteiger partial charge in [-0.25, -0.2) is 0 Å². The molecule has 0 radical (unpaired) electrons. The first-order chi connectivity index (χ1) is 17.1. The fourth-order valence-corrected chi connectivity index (χ4v) is 4.06. The van der Waals surface area contributed by atoms with E-state index in [4.69, 9.17) is 21.7 Å². The number of aromatic nitrogens is 1. The van der Waals surface area contributed by atoms with E-state index in [1.807, 2.05) is 97.6 Å². The van der Waals surface area contributed by atoms with E-state index in [2.05, 4.69) is 10.3 Å². The number of anilines is 1. The molecule has 7 heteroatoms. The third-order valence-electron chi connectivity index (χ3n) is 5.48. The molecular formula is C28H29N3O3S. The smallest absolute Gasteiger partial charge is 0.253 e. The minimum absolute atomic E-state index is 0.136. The highest BCUT2D eigenvalue weighted by atomic mass is 32.1. The van der Waals surface area contributed by atoms with Gasteiger partial charge in [0.05, 0.1) is 19.8 Å². The predicted molar refractivity (Wildman–Crippen MR) is 145 cm³/mol. The number of H-pyrrole nitrogens is 1. The lowest BCUT2D eigenvalue weighted by atomic mass is 10.1. The molecular weight excluding hydrogens is 458 g/mol. The third kappa shape index (κ3) is 6.39. The molecule has 4 aromatic rings. The van der Waals surface area contributed by atoms with Crippen molar-refractivity contribution in [2.75, 3.05) is 18.5 Å². The normalized spacial score (nSPS) is 10.7. The summed E-state index contributed by atoms with van der Waals surface area (Å²) in [6.07, 6.45) is 0. The molecule has 0 saturated heterocycles. The fraction of sp³-hybridized carbons (Fsp3) is 0.214. The molecule has 0 fully saturated rings. The van der Waals surface area contributed by atoms with Crippen molar-refractivity contribution in [3.63, 3.8) is 0 Å². The van der Waals surface area contributed by atoms with E-state index in [9.17, 15) is 4.79 Å². The van der Waals surface area contributed by atoms with Crippen molar-refractivity contribution in [2.45, 2.75) is 26.9 Å². The molecule has 0 aliphatic carbocycles. The van der Waals surface area contributed by atoms with Crippen molar-refractivity contribution in [1.82, 2.24) is 9.88 Å². The number of nitrogens with one attached hydrogen (secondary N) is 2. The second-order valence-electron chi connectivity index (χ2n) is 8.03. The van der Waals surface area contributed by atoms with Crippen LogP contribution in [0, 0.1) is 0 Å². The summed E-state index contributed by atoms with van der Waals surface area (Å²) in [6.45, 7) is 6.00. The number of fused-ring (bicyclic) bond motifs is 1. The van der Waals surface area contributed by atoms with Crippen LogP contribution in [0.3, 0.4) is 0 Å². The molecule has 180 valence electrons. The van der Waals surface area contributed by atoms with Crippen molar-refractivity contribution >= 4 is 33.9 Å². The predicted octanol–water partition coefficient (Wildman–Crippen LogP) is 5.72. The van der Waals surface area contributed by atoms with Crippen LogP contribution in [0.4, 0.5) is 5.69 Å². The van der Waals surface area contributed by atoms with Gasteiger partial charge in [0.2, 0.25) is 0 Å². The van der Waals surface area contributed by atoms with Crippen molar-refractivity contribution in [1.29, 1.82) is 0 Å². The summed E-state index contributed by atoms with van der Waals surface area (Å²) >= 11 is 5.79. The Morgan fingerprint density at radius 2 is 1.57 bits per heavy atom. The van der Waals surface area contributed by atoms with Gasteiger partial charge in [-0.15, -0.1) is 0 Å². The minimum Gasteiger partial charge on any atom is -0.494 e. The Labute approximate surface area is 210 Å². The third-order valence-corrected chi connectivity index (χ3v) is 5.85. The summed E-state index contributed by atoms with van der Waals surface area (Å²) in [5, 5.41) is 4.74. The monoisotopic (exact) mass is 487 g/mol. The molecule has 35 heavy (non-hydrogen) atoms. The zero-order chi connectivity index (χ0) is 24.6. The molecule has 1 aromatic heterocycles. The molecule has 0 amide bonds. The molecule has 0 spiro atoms. The van der Waals surface area contributed by atoms with Gasteiger partial charge in [-0.1, -0.05) is 30.3 Å². The fourth-order valence-electron chi connectivity index (χ4n) is 3.82. The minimum atomic E-state index is -0.136. The maximum Gasteiger partial charge on any atom is 0.253 e. The van der Waals surface area contributed by atoms with Crippen molar-refractivity contribution in [2.24, 2.45) is 0 Å². The van der Waals surface area contributed by atoms with Gasteiger partial charge in [-0.3, -0.25) is 4.79 Å². The highest BCUT2D eigenvalue weighted by Gasteiger charge is 2.15. The lowest BCUT2D eigenvalue weighted by molar-refractivity contribution is 0.340.